The Morgan fingerprint density at radius 1 is 1.50 bits per heavy atom. The Balaban J connectivity index is 3.95. The van der Waals surface area contributed by atoms with Crippen molar-refractivity contribution in [1.82, 2.24) is 0 Å². The third-order valence-corrected chi connectivity index (χ3v) is 1.58. The molecule has 0 aliphatic carbocycles. The average Bonchev–Trinajstić information content (AvgIpc) is 2.10. The minimum Gasteiger partial charge on any atom is -0.462 e. The number of hydrogen-bond acceptors (Lipinski definition) is 2. The highest BCUT2D eigenvalue weighted by Crippen LogP contribution is 2.03. The third-order valence-electron chi connectivity index (χ3n) is 1.29. The molecule has 0 aliphatic heterocycles. The summed E-state index contributed by atoms with van der Waals surface area (Å²) in [7, 11) is 0. The summed E-state index contributed by atoms with van der Waals surface area (Å²) >= 11 is 5.55. The summed E-state index contributed by atoms with van der Waals surface area (Å²) in [4.78, 5) is 11.1. The summed E-state index contributed by atoms with van der Waals surface area (Å²) in [6.07, 6.45) is 3.45. The van der Waals surface area contributed by atoms with Crippen molar-refractivity contribution in [3.63, 3.8) is 0 Å². The Morgan fingerprint density at radius 3 is 2.58 bits per heavy atom. The van der Waals surface area contributed by atoms with Crippen LogP contribution < -0.4 is 0 Å². The summed E-state index contributed by atoms with van der Waals surface area (Å²) in [6.45, 7) is 4.38. The van der Waals surface area contributed by atoms with Crippen LogP contribution in [0.1, 0.15) is 26.7 Å². The Morgan fingerprint density at radius 2 is 2.17 bits per heavy atom. The lowest BCUT2D eigenvalue weighted by atomic mass is 10.2. The van der Waals surface area contributed by atoms with Crippen LogP contribution >= 0.6 is 11.6 Å². The first-order valence-corrected chi connectivity index (χ1v) is 4.71. The molecule has 3 heteroatoms. The smallest absolute Gasteiger partial charge is 0.334 e. The van der Waals surface area contributed by atoms with E-state index in [1.165, 1.54) is 0 Å². The van der Waals surface area contributed by atoms with Gasteiger partial charge in [0.25, 0.3) is 0 Å². The van der Waals surface area contributed by atoms with E-state index < -0.39 is 0 Å². The van der Waals surface area contributed by atoms with E-state index in [4.69, 9.17) is 16.3 Å². The van der Waals surface area contributed by atoms with Crippen LogP contribution in [0.25, 0.3) is 0 Å². The van der Waals surface area contributed by atoms with Crippen molar-refractivity contribution in [1.29, 1.82) is 0 Å². The van der Waals surface area contributed by atoms with Crippen molar-refractivity contribution >= 4 is 17.6 Å². The van der Waals surface area contributed by atoms with Gasteiger partial charge >= 0.3 is 5.97 Å². The molecule has 0 aromatic carbocycles. The third kappa shape index (κ3) is 4.39. The number of carbonyl (C=O) groups excluding carboxylic acids is 1. The summed E-state index contributed by atoms with van der Waals surface area (Å²) < 4.78 is 4.91. The zero-order chi connectivity index (χ0) is 9.40. The lowest BCUT2D eigenvalue weighted by Gasteiger charge is -2.03. The molecular weight excluding hydrogens is 176 g/mol. The maximum atomic E-state index is 11.1. The summed E-state index contributed by atoms with van der Waals surface area (Å²) in [5.74, 6) is -0.0511. The van der Waals surface area contributed by atoms with E-state index in [1.807, 2.05) is 13.8 Å². The molecular formula is C9H15ClO2. The molecule has 0 amide bonds. The number of halogens is 1. The molecule has 0 bridgehead atoms. The second kappa shape index (κ2) is 7.17. The van der Waals surface area contributed by atoms with Crippen molar-refractivity contribution in [3.8, 4) is 0 Å². The van der Waals surface area contributed by atoms with E-state index >= 15 is 0 Å². The molecule has 0 heterocycles. The van der Waals surface area contributed by atoms with E-state index in [0.29, 0.717) is 12.2 Å². The molecule has 12 heavy (non-hydrogen) atoms. The van der Waals surface area contributed by atoms with Gasteiger partial charge in [0.2, 0.25) is 0 Å². The largest absolute Gasteiger partial charge is 0.462 e. The molecule has 0 saturated carbocycles. The first-order valence-electron chi connectivity index (χ1n) is 4.18. The standard InChI is InChI=1S/C9H15ClO2/c1-3-5-8(7-10)9(11)12-6-4-2/h5H,3-4,6-7H2,1-2H3. The molecule has 2 nitrogen and oxygen atoms in total. The maximum Gasteiger partial charge on any atom is 0.334 e. The highest BCUT2D eigenvalue weighted by atomic mass is 35.5. The molecule has 0 aliphatic rings. The van der Waals surface area contributed by atoms with E-state index in [9.17, 15) is 4.79 Å². The lowest BCUT2D eigenvalue weighted by Crippen LogP contribution is -2.09. The molecule has 0 atom stereocenters. The average molecular weight is 191 g/mol. The molecule has 0 unspecified atom stereocenters. The van der Waals surface area contributed by atoms with Crippen molar-refractivity contribution in [2.45, 2.75) is 26.7 Å². The summed E-state index contributed by atoms with van der Waals surface area (Å²) in [6, 6.07) is 0. The van der Waals surface area contributed by atoms with Gasteiger partial charge in [-0.2, -0.15) is 0 Å². The first kappa shape index (κ1) is 11.5. The first-order chi connectivity index (χ1) is 5.76. The molecule has 0 rings (SSSR count). The fourth-order valence-electron chi connectivity index (χ4n) is 0.726. The van der Waals surface area contributed by atoms with Crippen LogP contribution in [0.4, 0.5) is 0 Å². The van der Waals surface area contributed by atoms with Gasteiger partial charge in [0, 0.05) is 5.57 Å². The van der Waals surface area contributed by atoms with E-state index in [2.05, 4.69) is 0 Å². The highest BCUT2D eigenvalue weighted by Gasteiger charge is 2.07. The molecule has 0 N–H and O–H groups in total. The number of esters is 1. The van der Waals surface area contributed by atoms with Crippen molar-refractivity contribution in [3.05, 3.63) is 11.6 Å². The van der Waals surface area contributed by atoms with Gasteiger partial charge in [-0.25, -0.2) is 4.79 Å². The number of alkyl halides is 1. The van der Waals surface area contributed by atoms with E-state index in [1.54, 1.807) is 6.08 Å². The van der Waals surface area contributed by atoms with E-state index in [0.717, 1.165) is 12.8 Å². The van der Waals surface area contributed by atoms with Crippen LogP contribution in [0.2, 0.25) is 0 Å². The highest BCUT2D eigenvalue weighted by molar-refractivity contribution is 6.22. The topological polar surface area (TPSA) is 26.3 Å². The van der Waals surface area contributed by atoms with Crippen molar-refractivity contribution in [2.75, 3.05) is 12.5 Å². The predicted octanol–water partition coefficient (Wildman–Crippen LogP) is 2.51. The minimum absolute atomic E-state index is 0.233. The van der Waals surface area contributed by atoms with Crippen LogP contribution in [0.3, 0.4) is 0 Å². The number of allylic oxidation sites excluding steroid dienone is 1. The van der Waals surface area contributed by atoms with Gasteiger partial charge in [-0.1, -0.05) is 19.9 Å². The summed E-state index contributed by atoms with van der Waals surface area (Å²) in [5.41, 5.74) is 0.563. The fourth-order valence-corrected chi connectivity index (χ4v) is 0.945. The van der Waals surface area contributed by atoms with Gasteiger partial charge in [-0.3, -0.25) is 0 Å². The number of ether oxygens (including phenoxy) is 1. The molecule has 70 valence electrons. The number of carbonyl (C=O) groups is 1. The monoisotopic (exact) mass is 190 g/mol. The summed E-state index contributed by atoms with van der Waals surface area (Å²) in [5, 5.41) is 0. The van der Waals surface area contributed by atoms with Gasteiger partial charge in [0.15, 0.2) is 0 Å². The molecule has 0 aromatic heterocycles. The lowest BCUT2D eigenvalue weighted by molar-refractivity contribution is -0.138. The molecule has 0 aromatic rings. The Kier molecular flexibility index (Phi) is 6.87. The predicted molar refractivity (Wildman–Crippen MR) is 50.3 cm³/mol. The van der Waals surface area contributed by atoms with Crippen LogP contribution in [0, 0.1) is 0 Å². The second-order valence-electron chi connectivity index (χ2n) is 2.41. The van der Waals surface area contributed by atoms with Gasteiger partial charge < -0.3 is 4.74 Å². The van der Waals surface area contributed by atoms with Gasteiger partial charge in [-0.15, -0.1) is 11.6 Å². The number of rotatable bonds is 5. The van der Waals surface area contributed by atoms with Crippen LogP contribution in [0.5, 0.6) is 0 Å². The maximum absolute atomic E-state index is 11.1. The molecule has 0 radical (unpaired) electrons. The van der Waals surface area contributed by atoms with Crippen LogP contribution in [-0.4, -0.2) is 18.5 Å². The van der Waals surface area contributed by atoms with Crippen LogP contribution in [0.15, 0.2) is 11.6 Å². The Hall–Kier alpha value is -0.500. The minimum atomic E-state index is -0.284. The molecule has 0 fully saturated rings. The van der Waals surface area contributed by atoms with Crippen molar-refractivity contribution in [2.24, 2.45) is 0 Å². The van der Waals surface area contributed by atoms with Crippen LogP contribution in [-0.2, 0) is 9.53 Å². The Bertz CT molecular complexity index is 164. The van der Waals surface area contributed by atoms with Crippen molar-refractivity contribution < 1.29 is 9.53 Å². The quantitative estimate of drug-likeness (QED) is 0.378. The van der Waals surface area contributed by atoms with Gasteiger partial charge in [0.1, 0.15) is 0 Å². The zero-order valence-electron chi connectivity index (χ0n) is 7.60. The van der Waals surface area contributed by atoms with Gasteiger partial charge in [-0.05, 0) is 12.8 Å². The SMILES string of the molecule is CCC=C(CCl)C(=O)OCCC. The second-order valence-corrected chi connectivity index (χ2v) is 2.67. The number of hydrogen-bond donors (Lipinski definition) is 0. The van der Waals surface area contributed by atoms with Gasteiger partial charge in [0.05, 0.1) is 12.5 Å². The molecule has 0 saturated heterocycles. The normalized spacial score (nSPS) is 11.4. The van der Waals surface area contributed by atoms with E-state index in [-0.39, 0.29) is 11.8 Å². The zero-order valence-corrected chi connectivity index (χ0v) is 8.36. The Labute approximate surface area is 78.5 Å². The fraction of sp³-hybridized carbons (Fsp3) is 0.667. The molecule has 0 spiro atoms.